The number of fused-ring (bicyclic) bond motifs is 1. The van der Waals surface area contributed by atoms with Crippen molar-refractivity contribution in [2.75, 3.05) is 0 Å². The first-order valence-corrected chi connectivity index (χ1v) is 9.70. The van der Waals surface area contributed by atoms with Crippen LogP contribution in [-0.4, -0.2) is 19.5 Å². The SMILES string of the molecule is O=C(O)C[C@H](NS(=O)(=O)c1ccc2ccccc2c1)c1ccccc1Cl. The van der Waals surface area contributed by atoms with Crippen LogP contribution >= 0.6 is 11.6 Å². The highest BCUT2D eigenvalue weighted by Crippen LogP contribution is 2.27. The highest BCUT2D eigenvalue weighted by Gasteiger charge is 2.25. The summed E-state index contributed by atoms with van der Waals surface area (Å²) in [6, 6.07) is 17.8. The van der Waals surface area contributed by atoms with Gasteiger partial charge in [-0.2, -0.15) is 0 Å². The normalized spacial score (nSPS) is 12.8. The molecule has 3 rings (SSSR count). The van der Waals surface area contributed by atoms with E-state index in [0.29, 0.717) is 10.6 Å². The summed E-state index contributed by atoms with van der Waals surface area (Å²) in [6.07, 6.45) is -0.420. The molecule has 2 N–H and O–H groups in total. The van der Waals surface area contributed by atoms with Crippen molar-refractivity contribution in [3.8, 4) is 0 Å². The number of sulfonamides is 1. The third kappa shape index (κ3) is 4.04. The molecular formula is C19H16ClNO4S. The van der Waals surface area contributed by atoms with Crippen LogP contribution in [0.3, 0.4) is 0 Å². The molecule has 0 fully saturated rings. The van der Waals surface area contributed by atoms with Crippen LogP contribution in [0.25, 0.3) is 10.8 Å². The summed E-state index contributed by atoms with van der Waals surface area (Å²) in [5.41, 5.74) is 0.418. The van der Waals surface area contributed by atoms with E-state index in [0.717, 1.165) is 10.8 Å². The Balaban J connectivity index is 1.98. The molecule has 3 aromatic rings. The largest absolute Gasteiger partial charge is 0.481 e. The Morgan fingerprint density at radius 2 is 1.65 bits per heavy atom. The van der Waals surface area contributed by atoms with Gasteiger partial charge in [0.2, 0.25) is 10.0 Å². The molecule has 0 bridgehead atoms. The minimum absolute atomic E-state index is 0.0682. The van der Waals surface area contributed by atoms with Gasteiger partial charge in [0.1, 0.15) is 0 Å². The third-order valence-corrected chi connectivity index (χ3v) is 5.80. The molecule has 0 aromatic heterocycles. The van der Waals surface area contributed by atoms with E-state index in [1.165, 1.54) is 6.07 Å². The van der Waals surface area contributed by atoms with Gasteiger partial charge in [-0.15, -0.1) is 0 Å². The minimum atomic E-state index is -3.93. The first-order chi connectivity index (χ1) is 12.4. The van der Waals surface area contributed by atoms with Crippen molar-refractivity contribution >= 4 is 38.4 Å². The van der Waals surface area contributed by atoms with Crippen molar-refractivity contribution in [2.24, 2.45) is 0 Å². The fraction of sp³-hybridized carbons (Fsp3) is 0.105. The van der Waals surface area contributed by atoms with Crippen LogP contribution < -0.4 is 4.72 Å². The van der Waals surface area contributed by atoms with Gasteiger partial charge in [-0.3, -0.25) is 4.79 Å². The Labute approximate surface area is 156 Å². The maximum Gasteiger partial charge on any atom is 0.305 e. The highest BCUT2D eigenvalue weighted by molar-refractivity contribution is 7.89. The monoisotopic (exact) mass is 389 g/mol. The van der Waals surface area contributed by atoms with Crippen LogP contribution in [0, 0.1) is 0 Å². The average molecular weight is 390 g/mol. The summed E-state index contributed by atoms with van der Waals surface area (Å²) in [5.74, 6) is -1.13. The Morgan fingerprint density at radius 3 is 2.35 bits per heavy atom. The van der Waals surface area contributed by atoms with Crippen molar-refractivity contribution in [1.29, 1.82) is 0 Å². The van der Waals surface area contributed by atoms with Gasteiger partial charge in [-0.05, 0) is 34.5 Å². The number of hydrogen-bond acceptors (Lipinski definition) is 3. The van der Waals surface area contributed by atoms with Crippen LogP contribution in [0.4, 0.5) is 0 Å². The zero-order valence-corrected chi connectivity index (χ0v) is 15.2. The predicted octanol–water partition coefficient (Wildman–Crippen LogP) is 3.99. The smallest absolute Gasteiger partial charge is 0.305 e. The maximum atomic E-state index is 12.8. The Morgan fingerprint density at radius 1 is 1.00 bits per heavy atom. The first-order valence-electron chi connectivity index (χ1n) is 7.84. The Bertz CT molecular complexity index is 1070. The van der Waals surface area contributed by atoms with Crippen molar-refractivity contribution in [1.82, 2.24) is 4.72 Å². The molecule has 0 aliphatic heterocycles. The molecule has 134 valence electrons. The maximum absolute atomic E-state index is 12.8. The molecule has 0 amide bonds. The van der Waals surface area contributed by atoms with Gasteiger partial charge in [0.05, 0.1) is 17.4 Å². The van der Waals surface area contributed by atoms with E-state index in [1.807, 2.05) is 24.3 Å². The Hall–Kier alpha value is -2.41. The number of halogens is 1. The van der Waals surface area contributed by atoms with Crippen LogP contribution in [0.15, 0.2) is 71.6 Å². The minimum Gasteiger partial charge on any atom is -0.481 e. The fourth-order valence-corrected chi connectivity index (χ4v) is 4.26. The molecule has 0 aliphatic carbocycles. The van der Waals surface area contributed by atoms with E-state index in [2.05, 4.69) is 4.72 Å². The lowest BCUT2D eigenvalue weighted by molar-refractivity contribution is -0.137. The summed E-state index contributed by atoms with van der Waals surface area (Å²) in [4.78, 5) is 11.3. The van der Waals surface area contributed by atoms with Crippen molar-refractivity contribution in [2.45, 2.75) is 17.4 Å². The van der Waals surface area contributed by atoms with E-state index in [1.54, 1.807) is 36.4 Å². The number of aliphatic carboxylic acids is 1. The molecule has 0 spiro atoms. The van der Waals surface area contributed by atoms with E-state index < -0.39 is 28.5 Å². The predicted molar refractivity (Wildman–Crippen MR) is 101 cm³/mol. The molecule has 5 nitrogen and oxygen atoms in total. The van der Waals surface area contributed by atoms with Crippen LogP contribution in [0.5, 0.6) is 0 Å². The van der Waals surface area contributed by atoms with Crippen molar-refractivity contribution in [3.05, 3.63) is 77.3 Å². The molecule has 0 saturated carbocycles. The second kappa shape index (κ2) is 7.45. The number of rotatable bonds is 6. The van der Waals surface area contributed by atoms with Gasteiger partial charge < -0.3 is 5.11 Å². The van der Waals surface area contributed by atoms with Crippen LogP contribution in [-0.2, 0) is 14.8 Å². The van der Waals surface area contributed by atoms with Gasteiger partial charge >= 0.3 is 5.97 Å². The second-order valence-corrected chi connectivity index (χ2v) is 7.92. The number of benzene rings is 3. The number of carboxylic acid groups (broad SMARTS) is 1. The number of nitrogens with one attached hydrogen (secondary N) is 1. The van der Waals surface area contributed by atoms with E-state index in [4.69, 9.17) is 16.7 Å². The number of carboxylic acids is 1. The highest BCUT2D eigenvalue weighted by atomic mass is 35.5. The van der Waals surface area contributed by atoms with Crippen LogP contribution in [0.2, 0.25) is 5.02 Å². The molecule has 7 heteroatoms. The second-order valence-electron chi connectivity index (χ2n) is 5.80. The molecule has 0 saturated heterocycles. The van der Waals surface area contributed by atoms with Crippen molar-refractivity contribution in [3.63, 3.8) is 0 Å². The Kier molecular flexibility index (Phi) is 5.27. The fourth-order valence-electron chi connectivity index (χ4n) is 2.74. The quantitative estimate of drug-likeness (QED) is 0.667. The lowest BCUT2D eigenvalue weighted by atomic mass is 10.1. The summed E-state index contributed by atoms with van der Waals surface area (Å²) in [6.45, 7) is 0. The van der Waals surface area contributed by atoms with E-state index in [9.17, 15) is 13.2 Å². The number of hydrogen-bond donors (Lipinski definition) is 2. The summed E-state index contributed by atoms with van der Waals surface area (Å²) >= 11 is 6.13. The summed E-state index contributed by atoms with van der Waals surface area (Å²) in [7, 11) is -3.93. The standard InChI is InChI=1S/C19H16ClNO4S/c20-17-8-4-3-7-16(17)18(12-19(22)23)21-26(24,25)15-10-9-13-5-1-2-6-14(13)11-15/h1-11,18,21H,12H2,(H,22,23)/t18-/m0/s1. The summed E-state index contributed by atoms with van der Waals surface area (Å²) < 4.78 is 28.1. The molecule has 1 atom stereocenters. The topological polar surface area (TPSA) is 83.5 Å². The molecule has 0 unspecified atom stereocenters. The zero-order chi connectivity index (χ0) is 18.7. The first kappa shape index (κ1) is 18.4. The molecule has 0 radical (unpaired) electrons. The van der Waals surface area contributed by atoms with Crippen LogP contribution in [0.1, 0.15) is 18.0 Å². The third-order valence-electron chi connectivity index (χ3n) is 3.99. The van der Waals surface area contributed by atoms with Gasteiger partial charge in [0.15, 0.2) is 0 Å². The molecule has 3 aromatic carbocycles. The average Bonchev–Trinajstić information content (AvgIpc) is 2.60. The molecular weight excluding hydrogens is 374 g/mol. The molecule has 0 aliphatic rings. The zero-order valence-electron chi connectivity index (χ0n) is 13.6. The van der Waals surface area contributed by atoms with Crippen molar-refractivity contribution < 1.29 is 18.3 Å². The number of carbonyl (C=O) groups is 1. The summed E-state index contributed by atoms with van der Waals surface area (Å²) in [5, 5.41) is 11.2. The lowest BCUT2D eigenvalue weighted by Gasteiger charge is -2.19. The van der Waals surface area contributed by atoms with E-state index in [-0.39, 0.29) is 4.90 Å². The van der Waals surface area contributed by atoms with Gasteiger partial charge in [0.25, 0.3) is 0 Å². The molecule has 0 heterocycles. The van der Waals surface area contributed by atoms with Gasteiger partial charge in [-0.25, -0.2) is 13.1 Å². The van der Waals surface area contributed by atoms with Gasteiger partial charge in [-0.1, -0.05) is 60.1 Å². The van der Waals surface area contributed by atoms with Gasteiger partial charge in [0, 0.05) is 5.02 Å². The van der Waals surface area contributed by atoms with E-state index >= 15 is 0 Å². The lowest BCUT2D eigenvalue weighted by Crippen LogP contribution is -2.30. The molecule has 26 heavy (non-hydrogen) atoms.